The van der Waals surface area contributed by atoms with Gasteiger partial charge >= 0.3 is 0 Å². The maximum atomic E-state index is 11.7. The molecule has 0 radical (unpaired) electrons. The molecule has 0 aromatic rings. The summed E-state index contributed by atoms with van der Waals surface area (Å²) in [7, 11) is 0. The Balaban J connectivity index is 1.34. The summed E-state index contributed by atoms with van der Waals surface area (Å²) in [5.41, 5.74) is 0. The molecule has 26 heavy (non-hydrogen) atoms. The molecule has 0 aliphatic carbocycles. The topological polar surface area (TPSA) is 104 Å². The van der Waals surface area contributed by atoms with Crippen LogP contribution in [0.2, 0.25) is 0 Å². The molecule has 4 heterocycles. The van der Waals surface area contributed by atoms with E-state index in [-0.39, 0.29) is 31.0 Å². The summed E-state index contributed by atoms with van der Waals surface area (Å²) in [6.45, 7) is 4.73. The molecule has 0 N–H and O–H groups in total. The normalized spacial score (nSPS) is 34.8. The molecule has 148 valence electrons. The van der Waals surface area contributed by atoms with Crippen LogP contribution in [0.15, 0.2) is 0 Å². The first kappa shape index (κ1) is 18.7. The van der Waals surface area contributed by atoms with Crippen LogP contribution in [-0.4, -0.2) is 108 Å². The fourth-order valence-corrected chi connectivity index (χ4v) is 2.50. The van der Waals surface area contributed by atoms with Gasteiger partial charge in [-0.15, -0.1) is 0 Å². The lowest BCUT2D eigenvalue weighted by molar-refractivity contribution is -0.163. The molecule has 4 rings (SSSR count). The quantitative estimate of drug-likeness (QED) is 0.247. The molecule has 0 saturated carbocycles. The third-order valence-electron chi connectivity index (χ3n) is 4.47. The van der Waals surface area contributed by atoms with Crippen LogP contribution in [-0.2, 0) is 42.7 Å². The highest BCUT2D eigenvalue weighted by atomic mass is 16.6. The van der Waals surface area contributed by atoms with Gasteiger partial charge in [-0.3, -0.25) is 0 Å². The highest BCUT2D eigenvalue weighted by molar-refractivity contribution is 5.57. The molecule has 0 spiro atoms. The second-order valence-electron chi connectivity index (χ2n) is 6.96. The van der Waals surface area contributed by atoms with Crippen LogP contribution in [0, 0.1) is 0 Å². The smallest absolute Gasteiger partial charge is 0.151 e. The first-order valence-electron chi connectivity index (χ1n) is 9.16. The molecule has 7 unspecified atom stereocenters. The summed E-state index contributed by atoms with van der Waals surface area (Å²) < 4.78 is 44.1. The number of epoxide rings is 4. The van der Waals surface area contributed by atoms with Gasteiger partial charge in [0, 0.05) is 0 Å². The Kier molecular flexibility index (Phi) is 6.49. The highest BCUT2D eigenvalue weighted by Gasteiger charge is 2.38. The van der Waals surface area contributed by atoms with Crippen LogP contribution >= 0.6 is 0 Å². The molecule has 4 aliphatic rings. The third-order valence-corrected chi connectivity index (χ3v) is 4.47. The van der Waals surface area contributed by atoms with E-state index in [4.69, 9.17) is 37.9 Å². The van der Waals surface area contributed by atoms with Crippen molar-refractivity contribution in [2.24, 2.45) is 0 Å². The van der Waals surface area contributed by atoms with E-state index in [1.54, 1.807) is 0 Å². The Morgan fingerprint density at radius 2 is 1.27 bits per heavy atom. The van der Waals surface area contributed by atoms with Gasteiger partial charge in [0.05, 0.1) is 59.5 Å². The van der Waals surface area contributed by atoms with Gasteiger partial charge in [-0.1, -0.05) is 0 Å². The molecule has 4 saturated heterocycles. The van der Waals surface area contributed by atoms with Crippen LogP contribution < -0.4 is 0 Å². The molecule has 0 aromatic carbocycles. The van der Waals surface area contributed by atoms with Crippen molar-refractivity contribution in [1.29, 1.82) is 0 Å². The van der Waals surface area contributed by atoms with Crippen molar-refractivity contribution in [3.8, 4) is 0 Å². The van der Waals surface area contributed by atoms with E-state index < -0.39 is 18.3 Å². The van der Waals surface area contributed by atoms with E-state index in [1.807, 2.05) is 0 Å². The second kappa shape index (κ2) is 9.03. The van der Waals surface area contributed by atoms with Gasteiger partial charge in [-0.05, 0) is 0 Å². The number of carbonyl (C=O) groups excluding carboxylic acids is 1. The predicted octanol–water partition coefficient (Wildman–Crippen LogP) is -1.05. The zero-order chi connectivity index (χ0) is 17.8. The minimum Gasteiger partial charge on any atom is -0.376 e. The van der Waals surface area contributed by atoms with Crippen LogP contribution in [0.1, 0.15) is 0 Å². The maximum absolute atomic E-state index is 11.7. The van der Waals surface area contributed by atoms with Crippen molar-refractivity contribution in [2.75, 3.05) is 59.5 Å². The van der Waals surface area contributed by atoms with Crippen molar-refractivity contribution >= 4 is 6.29 Å². The molecule has 0 aromatic heterocycles. The Morgan fingerprint density at radius 1 is 0.769 bits per heavy atom. The van der Waals surface area contributed by atoms with Crippen molar-refractivity contribution in [3.63, 3.8) is 0 Å². The SMILES string of the molecule is O=CC(OCC1CO1)C(OCC1CO1)C(COCC1CO1)OCC1CO1. The summed E-state index contributed by atoms with van der Waals surface area (Å²) in [6.07, 6.45) is -0.643. The molecule has 0 bridgehead atoms. The summed E-state index contributed by atoms with van der Waals surface area (Å²) >= 11 is 0. The zero-order valence-corrected chi connectivity index (χ0v) is 14.7. The molecular weight excluding hydrogens is 348 g/mol. The van der Waals surface area contributed by atoms with Gasteiger partial charge in [0.15, 0.2) is 6.29 Å². The Bertz CT molecular complexity index is 446. The molecular formula is C17H26O9. The van der Waals surface area contributed by atoms with E-state index in [0.717, 1.165) is 12.9 Å². The lowest BCUT2D eigenvalue weighted by Crippen LogP contribution is -2.47. The Hall–Kier alpha value is -0.650. The molecule has 9 heteroatoms. The zero-order valence-electron chi connectivity index (χ0n) is 14.7. The summed E-state index contributed by atoms with van der Waals surface area (Å²) in [5, 5.41) is 0. The van der Waals surface area contributed by atoms with Gasteiger partial charge < -0.3 is 42.7 Å². The van der Waals surface area contributed by atoms with Gasteiger partial charge in [0.25, 0.3) is 0 Å². The number of carbonyl (C=O) groups is 1. The molecule has 0 amide bonds. The number of hydrogen-bond acceptors (Lipinski definition) is 9. The van der Waals surface area contributed by atoms with E-state index in [1.165, 1.54) is 0 Å². The van der Waals surface area contributed by atoms with Crippen LogP contribution in [0.25, 0.3) is 0 Å². The Labute approximate surface area is 152 Å². The second-order valence-corrected chi connectivity index (χ2v) is 6.96. The summed E-state index contributed by atoms with van der Waals surface area (Å²) in [5.74, 6) is 0. The van der Waals surface area contributed by atoms with Crippen molar-refractivity contribution in [1.82, 2.24) is 0 Å². The fourth-order valence-electron chi connectivity index (χ4n) is 2.50. The lowest BCUT2D eigenvalue weighted by atomic mass is 10.1. The highest BCUT2D eigenvalue weighted by Crippen LogP contribution is 2.20. The summed E-state index contributed by atoms with van der Waals surface area (Å²) in [4.78, 5) is 11.7. The van der Waals surface area contributed by atoms with Crippen LogP contribution in [0.3, 0.4) is 0 Å². The molecule has 4 fully saturated rings. The number of ether oxygens (including phenoxy) is 8. The average Bonchev–Trinajstić information content (AvgIpc) is 3.47. The predicted molar refractivity (Wildman–Crippen MR) is 85.1 cm³/mol. The number of aldehydes is 1. The summed E-state index contributed by atoms with van der Waals surface area (Å²) in [6, 6.07) is 0. The average molecular weight is 374 g/mol. The fraction of sp³-hybridized carbons (Fsp3) is 0.941. The van der Waals surface area contributed by atoms with E-state index >= 15 is 0 Å². The van der Waals surface area contributed by atoms with E-state index in [0.29, 0.717) is 46.2 Å². The maximum Gasteiger partial charge on any atom is 0.151 e. The van der Waals surface area contributed by atoms with Crippen molar-refractivity contribution in [3.05, 3.63) is 0 Å². The first-order chi connectivity index (χ1) is 12.8. The standard InChI is InChI=1S/C17H26O9/c18-1-15(24-7-12-4-21-12)17(26-9-14-6-23-14)16(25-8-13-5-22-13)10-19-2-11-3-20-11/h1,11-17H,2-10H2. The van der Waals surface area contributed by atoms with Gasteiger partial charge in [-0.2, -0.15) is 0 Å². The van der Waals surface area contributed by atoms with Crippen LogP contribution in [0.4, 0.5) is 0 Å². The van der Waals surface area contributed by atoms with E-state index in [2.05, 4.69) is 0 Å². The van der Waals surface area contributed by atoms with Gasteiger partial charge in [0.2, 0.25) is 0 Å². The van der Waals surface area contributed by atoms with Crippen molar-refractivity contribution < 1.29 is 42.7 Å². The lowest BCUT2D eigenvalue weighted by Gasteiger charge is -2.30. The molecule has 9 nitrogen and oxygen atoms in total. The van der Waals surface area contributed by atoms with Crippen molar-refractivity contribution in [2.45, 2.75) is 42.7 Å². The molecule has 4 aliphatic heterocycles. The van der Waals surface area contributed by atoms with Gasteiger partial charge in [0.1, 0.15) is 42.7 Å². The molecule has 7 atom stereocenters. The van der Waals surface area contributed by atoms with Crippen LogP contribution in [0.5, 0.6) is 0 Å². The monoisotopic (exact) mass is 374 g/mol. The minimum atomic E-state index is -0.760. The Morgan fingerprint density at radius 3 is 1.81 bits per heavy atom. The number of rotatable bonds is 16. The minimum absolute atomic E-state index is 0.0624. The third kappa shape index (κ3) is 6.50. The first-order valence-corrected chi connectivity index (χ1v) is 9.16. The van der Waals surface area contributed by atoms with E-state index in [9.17, 15) is 4.79 Å². The largest absolute Gasteiger partial charge is 0.376 e. The number of hydrogen-bond donors (Lipinski definition) is 0. The van der Waals surface area contributed by atoms with Gasteiger partial charge in [-0.25, -0.2) is 0 Å².